The molecule has 0 radical (unpaired) electrons. The molecule has 0 aromatic rings. The zero-order chi connectivity index (χ0) is 18.6. The summed E-state index contributed by atoms with van der Waals surface area (Å²) in [6, 6.07) is 0. The largest absolute Gasteiger partial charge is 0.399 e. The summed E-state index contributed by atoms with van der Waals surface area (Å²) in [4.78, 5) is 0. The third-order valence-corrected chi connectivity index (χ3v) is 4.78. The second-order valence-corrected chi connectivity index (χ2v) is 7.67. The Morgan fingerprint density at radius 3 is 1.40 bits per heavy atom. The molecule has 152 valence electrons. The van der Waals surface area contributed by atoms with Crippen LogP contribution in [0.25, 0.3) is 0 Å². The molecule has 7 heteroatoms. The van der Waals surface area contributed by atoms with Crippen LogP contribution in [0.2, 0.25) is 0 Å². The lowest BCUT2D eigenvalue weighted by Crippen LogP contribution is -2.21. The third-order valence-electron chi connectivity index (χ3n) is 3.87. The fraction of sp³-hybridized carbons (Fsp3) is 1.00. The minimum absolute atomic E-state index is 0.167. The first-order chi connectivity index (χ1) is 12.1. The Morgan fingerprint density at radius 2 is 1.00 bits per heavy atom. The van der Waals surface area contributed by atoms with E-state index in [4.69, 9.17) is 8.37 Å². The maximum Gasteiger partial charge on any atom is 0.399 e. The van der Waals surface area contributed by atoms with Crippen LogP contribution < -0.4 is 10.6 Å². The average Bonchev–Trinajstić information content (AvgIpc) is 2.59. The summed E-state index contributed by atoms with van der Waals surface area (Å²) < 4.78 is 32.8. The van der Waals surface area contributed by atoms with Crippen LogP contribution in [-0.2, 0) is 18.8 Å². The molecule has 0 aliphatic heterocycles. The summed E-state index contributed by atoms with van der Waals surface area (Å²) in [5.41, 5.74) is 0. The quantitative estimate of drug-likeness (QED) is 0.315. The number of nitrogens with one attached hydrogen (secondary N) is 2. The highest BCUT2D eigenvalue weighted by atomic mass is 32.3. The van der Waals surface area contributed by atoms with Gasteiger partial charge in [0.2, 0.25) is 0 Å². The average molecular weight is 381 g/mol. The van der Waals surface area contributed by atoms with Crippen molar-refractivity contribution in [2.24, 2.45) is 0 Å². The van der Waals surface area contributed by atoms with Gasteiger partial charge in [-0.25, -0.2) is 8.37 Å². The predicted octanol–water partition coefficient (Wildman–Crippen LogP) is 3.38. The molecule has 0 rings (SSSR count). The number of hydrogen-bond acceptors (Lipinski definition) is 6. The molecule has 0 unspecified atom stereocenters. The number of rotatable bonds is 20. The van der Waals surface area contributed by atoms with Gasteiger partial charge in [0.05, 0.1) is 13.2 Å². The van der Waals surface area contributed by atoms with E-state index in [0.29, 0.717) is 12.8 Å². The Kier molecular flexibility index (Phi) is 18.4. The molecule has 0 bridgehead atoms. The molecule has 6 nitrogen and oxygen atoms in total. The first-order valence-electron chi connectivity index (χ1n) is 10.1. The predicted molar refractivity (Wildman–Crippen MR) is 104 cm³/mol. The lowest BCUT2D eigenvalue weighted by Gasteiger charge is -2.08. The molecular formula is C18H40N2O4S. The Bertz CT molecular complexity index is 336. The minimum Gasteiger partial charge on any atom is -0.317 e. The van der Waals surface area contributed by atoms with Crippen molar-refractivity contribution in [3.05, 3.63) is 0 Å². The van der Waals surface area contributed by atoms with Crippen molar-refractivity contribution in [3.8, 4) is 0 Å². The second kappa shape index (κ2) is 18.6. The van der Waals surface area contributed by atoms with Crippen molar-refractivity contribution in [1.82, 2.24) is 10.6 Å². The molecule has 0 fully saturated rings. The van der Waals surface area contributed by atoms with Crippen LogP contribution in [0.1, 0.15) is 78.1 Å². The van der Waals surface area contributed by atoms with Crippen LogP contribution in [0.4, 0.5) is 0 Å². The molecule has 0 saturated carbocycles. The molecule has 0 spiro atoms. The van der Waals surface area contributed by atoms with E-state index in [2.05, 4.69) is 24.5 Å². The third kappa shape index (κ3) is 20.0. The van der Waals surface area contributed by atoms with Gasteiger partial charge in [0.1, 0.15) is 0 Å². The monoisotopic (exact) mass is 380 g/mol. The molecule has 0 aliphatic carbocycles. The molecule has 0 aromatic carbocycles. The van der Waals surface area contributed by atoms with Gasteiger partial charge in [-0.3, -0.25) is 0 Å². The summed E-state index contributed by atoms with van der Waals surface area (Å²) in [5, 5.41) is 6.58. The van der Waals surface area contributed by atoms with Crippen molar-refractivity contribution in [1.29, 1.82) is 0 Å². The van der Waals surface area contributed by atoms with Crippen LogP contribution in [0.5, 0.6) is 0 Å². The minimum atomic E-state index is -3.85. The molecule has 0 heterocycles. The van der Waals surface area contributed by atoms with E-state index in [-0.39, 0.29) is 13.2 Å². The molecule has 0 aliphatic rings. The fourth-order valence-corrected chi connectivity index (χ4v) is 3.07. The van der Waals surface area contributed by atoms with Crippen LogP contribution in [0.3, 0.4) is 0 Å². The van der Waals surface area contributed by atoms with Crippen molar-refractivity contribution in [3.63, 3.8) is 0 Å². The van der Waals surface area contributed by atoms with Crippen molar-refractivity contribution < 1.29 is 16.8 Å². The van der Waals surface area contributed by atoms with Crippen LogP contribution in [0, 0.1) is 0 Å². The zero-order valence-electron chi connectivity index (χ0n) is 16.4. The molecule has 0 atom stereocenters. The van der Waals surface area contributed by atoms with Gasteiger partial charge in [0, 0.05) is 0 Å². The SMILES string of the molecule is CCCCCCNCCCOS(=O)(=O)OCCCNCCCCCC. The molecule has 25 heavy (non-hydrogen) atoms. The van der Waals surface area contributed by atoms with Gasteiger partial charge in [-0.15, -0.1) is 0 Å². The first kappa shape index (κ1) is 24.8. The summed E-state index contributed by atoms with van der Waals surface area (Å²) >= 11 is 0. The van der Waals surface area contributed by atoms with Gasteiger partial charge < -0.3 is 10.6 Å². The number of hydrogen-bond donors (Lipinski definition) is 2. The highest BCUT2D eigenvalue weighted by Crippen LogP contribution is 2.00. The van der Waals surface area contributed by atoms with E-state index < -0.39 is 10.4 Å². The van der Waals surface area contributed by atoms with Gasteiger partial charge >= 0.3 is 10.4 Å². The number of unbranched alkanes of at least 4 members (excludes halogenated alkanes) is 6. The summed E-state index contributed by atoms with van der Waals surface area (Å²) in [5.74, 6) is 0. The molecule has 0 amide bonds. The van der Waals surface area contributed by atoms with Gasteiger partial charge in [0.15, 0.2) is 0 Å². The topological polar surface area (TPSA) is 76.7 Å². The Balaban J connectivity index is 3.35. The highest BCUT2D eigenvalue weighted by Gasteiger charge is 2.10. The summed E-state index contributed by atoms with van der Waals surface area (Å²) in [6.07, 6.45) is 11.2. The highest BCUT2D eigenvalue weighted by molar-refractivity contribution is 7.81. The van der Waals surface area contributed by atoms with E-state index in [9.17, 15) is 8.42 Å². The van der Waals surface area contributed by atoms with Crippen LogP contribution in [-0.4, -0.2) is 47.8 Å². The maximum absolute atomic E-state index is 11.6. The zero-order valence-corrected chi connectivity index (χ0v) is 17.2. The van der Waals surface area contributed by atoms with E-state index >= 15 is 0 Å². The lowest BCUT2D eigenvalue weighted by atomic mass is 10.2. The normalized spacial score (nSPS) is 11.9. The maximum atomic E-state index is 11.6. The van der Waals surface area contributed by atoms with Gasteiger partial charge in [-0.1, -0.05) is 52.4 Å². The standard InChI is InChI=1S/C18H40N2O4S/c1-3-5-7-9-13-19-15-11-17-23-25(21,22)24-18-12-16-20-14-10-8-6-4-2/h19-20H,3-18H2,1-2H3. The first-order valence-corrected chi connectivity index (χ1v) is 11.4. The summed E-state index contributed by atoms with van der Waals surface area (Å²) in [6.45, 7) is 8.22. The van der Waals surface area contributed by atoms with Gasteiger partial charge in [-0.2, -0.15) is 8.42 Å². The van der Waals surface area contributed by atoms with E-state index in [1.807, 2.05) is 0 Å². The molecule has 0 aromatic heterocycles. The van der Waals surface area contributed by atoms with E-state index in [1.165, 1.54) is 51.4 Å². The van der Waals surface area contributed by atoms with Crippen LogP contribution in [0.15, 0.2) is 0 Å². The molecular weight excluding hydrogens is 340 g/mol. The smallest absolute Gasteiger partial charge is 0.317 e. The second-order valence-electron chi connectivity index (χ2n) is 6.38. The molecule has 0 saturated heterocycles. The lowest BCUT2D eigenvalue weighted by molar-refractivity contribution is 0.210. The van der Waals surface area contributed by atoms with Gasteiger partial charge in [-0.05, 0) is 51.9 Å². The molecule has 2 N–H and O–H groups in total. The Labute approximate surface area is 155 Å². The van der Waals surface area contributed by atoms with E-state index in [1.54, 1.807) is 0 Å². The van der Waals surface area contributed by atoms with Gasteiger partial charge in [0.25, 0.3) is 0 Å². The van der Waals surface area contributed by atoms with E-state index in [0.717, 1.165) is 26.2 Å². The fourth-order valence-electron chi connectivity index (χ4n) is 2.35. The Hall–Kier alpha value is -0.210. The van der Waals surface area contributed by atoms with Crippen molar-refractivity contribution >= 4 is 10.4 Å². The Morgan fingerprint density at radius 1 is 0.600 bits per heavy atom. The van der Waals surface area contributed by atoms with Crippen molar-refractivity contribution in [2.75, 3.05) is 39.4 Å². The van der Waals surface area contributed by atoms with Crippen LogP contribution >= 0.6 is 0 Å². The summed E-state index contributed by atoms with van der Waals surface area (Å²) in [7, 11) is -3.85. The van der Waals surface area contributed by atoms with Crippen molar-refractivity contribution in [2.45, 2.75) is 78.1 Å².